The number of ether oxygens (including phenoxy) is 1. The Kier molecular flexibility index (Phi) is 7.34. The maximum atomic E-state index is 14.2. The number of furan rings is 1. The molecule has 5 rings (SSSR count). The predicted octanol–water partition coefficient (Wildman–Crippen LogP) is 6.39. The van der Waals surface area contributed by atoms with Crippen molar-refractivity contribution in [3.63, 3.8) is 0 Å². The highest BCUT2D eigenvalue weighted by molar-refractivity contribution is 7.11. The van der Waals surface area contributed by atoms with E-state index in [0.717, 1.165) is 32.5 Å². The smallest absolute Gasteiger partial charge is 0.173 e. The van der Waals surface area contributed by atoms with E-state index in [1.807, 2.05) is 6.07 Å². The first-order chi connectivity index (χ1) is 17.4. The average Bonchev–Trinajstić information content (AvgIpc) is 3.62. The van der Waals surface area contributed by atoms with Gasteiger partial charge in [-0.25, -0.2) is 8.78 Å². The summed E-state index contributed by atoms with van der Waals surface area (Å²) in [6.45, 7) is 4.92. The first-order valence-electron chi connectivity index (χ1n) is 12.1. The molecule has 1 saturated heterocycles. The van der Waals surface area contributed by atoms with Crippen molar-refractivity contribution in [2.24, 2.45) is 0 Å². The summed E-state index contributed by atoms with van der Waals surface area (Å²) in [4.78, 5) is 4.80. The normalized spacial score (nSPS) is 16.2. The second-order valence-electron chi connectivity index (χ2n) is 9.31. The van der Waals surface area contributed by atoms with E-state index in [0.29, 0.717) is 12.3 Å². The topological polar surface area (TPSA) is 45.8 Å². The molecular weight excluding hydrogens is 480 g/mol. The minimum Gasteiger partial charge on any atom is -0.461 e. The minimum absolute atomic E-state index is 0.178. The Balaban J connectivity index is 1.46. The van der Waals surface area contributed by atoms with Gasteiger partial charge in [-0.15, -0.1) is 11.3 Å². The molecule has 188 valence electrons. The van der Waals surface area contributed by atoms with E-state index >= 15 is 0 Å². The summed E-state index contributed by atoms with van der Waals surface area (Å²) in [6.07, 6.45) is 2.27. The van der Waals surface area contributed by atoms with Crippen LogP contribution in [0.25, 0.3) is 0 Å². The molecule has 1 N–H and O–H groups in total. The van der Waals surface area contributed by atoms with Crippen LogP contribution in [0.1, 0.15) is 45.2 Å². The molecule has 1 fully saturated rings. The van der Waals surface area contributed by atoms with Crippen molar-refractivity contribution in [2.45, 2.75) is 44.6 Å². The second-order valence-corrected chi connectivity index (χ2v) is 10.7. The van der Waals surface area contributed by atoms with E-state index in [9.17, 15) is 13.9 Å². The van der Waals surface area contributed by atoms with Crippen molar-refractivity contribution < 1.29 is 23.0 Å². The number of hydrogen-bond acceptors (Lipinski definition) is 5. The zero-order chi connectivity index (χ0) is 25.1. The average molecular weight is 510 g/mol. The summed E-state index contributed by atoms with van der Waals surface area (Å²) in [5, 5.41) is 11.9. The van der Waals surface area contributed by atoms with Crippen molar-refractivity contribution in [1.29, 1.82) is 0 Å². The Hall–Kier alpha value is -2.84. The molecule has 0 amide bonds. The van der Waals surface area contributed by atoms with Crippen LogP contribution in [0.5, 0.6) is 0 Å². The number of rotatable bonds is 9. The number of hydrogen-bond donors (Lipinski definition) is 1. The van der Waals surface area contributed by atoms with Crippen LogP contribution < -0.4 is 0 Å². The van der Waals surface area contributed by atoms with Crippen molar-refractivity contribution in [1.82, 2.24) is 4.90 Å². The molecule has 1 aliphatic rings. The Morgan fingerprint density at radius 2 is 1.69 bits per heavy atom. The van der Waals surface area contributed by atoms with Crippen molar-refractivity contribution in [2.75, 3.05) is 13.2 Å². The van der Waals surface area contributed by atoms with Crippen molar-refractivity contribution >= 4 is 11.3 Å². The van der Waals surface area contributed by atoms with Crippen LogP contribution in [0.2, 0.25) is 0 Å². The molecule has 3 heterocycles. The minimum atomic E-state index is -1.85. The summed E-state index contributed by atoms with van der Waals surface area (Å²) in [5.74, 6) is -0.133. The standard InChI is InChI=1S/C29H29F2NO3S/c1-20-10-12-27(36-20)19-32(17-25-9-4-14-34-25)18-26-11-13-28(35-26)29(33,21-5-2-7-23(30)15-21)22-6-3-8-24(31)16-22/h2-3,5-8,10-13,15-16,25,33H,4,9,14,17-19H2,1H3/t25-/m0/s1. The van der Waals surface area contributed by atoms with Gasteiger partial charge in [0.2, 0.25) is 0 Å². The molecule has 4 nitrogen and oxygen atoms in total. The third-order valence-electron chi connectivity index (χ3n) is 6.54. The molecule has 0 aliphatic carbocycles. The molecule has 7 heteroatoms. The number of thiophene rings is 1. The fraction of sp³-hybridized carbons (Fsp3) is 0.310. The number of benzene rings is 2. The highest BCUT2D eigenvalue weighted by atomic mass is 32.1. The maximum Gasteiger partial charge on any atom is 0.173 e. The van der Waals surface area contributed by atoms with Gasteiger partial charge in [-0.3, -0.25) is 4.90 Å². The highest BCUT2D eigenvalue weighted by Gasteiger charge is 2.38. The molecular formula is C29H29F2NO3S. The van der Waals surface area contributed by atoms with E-state index in [-0.39, 0.29) is 23.0 Å². The lowest BCUT2D eigenvalue weighted by Crippen LogP contribution is -2.31. The number of nitrogens with zero attached hydrogens (tertiary/aromatic N) is 1. The van der Waals surface area contributed by atoms with Crippen LogP contribution >= 0.6 is 11.3 Å². The van der Waals surface area contributed by atoms with Crippen LogP contribution in [-0.4, -0.2) is 29.3 Å². The van der Waals surface area contributed by atoms with Crippen LogP contribution in [0.4, 0.5) is 8.78 Å². The van der Waals surface area contributed by atoms with Crippen molar-refractivity contribution in [3.8, 4) is 0 Å². The molecule has 1 atom stereocenters. The fourth-order valence-corrected chi connectivity index (χ4v) is 5.74. The lowest BCUT2D eigenvalue weighted by Gasteiger charge is -2.28. The van der Waals surface area contributed by atoms with Gasteiger partial charge in [0.05, 0.1) is 12.6 Å². The predicted molar refractivity (Wildman–Crippen MR) is 136 cm³/mol. The first kappa shape index (κ1) is 24.8. The molecule has 2 aromatic carbocycles. The summed E-state index contributed by atoms with van der Waals surface area (Å²) >= 11 is 1.77. The molecule has 0 unspecified atom stereocenters. The van der Waals surface area contributed by atoms with E-state index in [1.165, 1.54) is 46.2 Å². The van der Waals surface area contributed by atoms with Gasteiger partial charge in [0, 0.05) is 29.5 Å². The summed E-state index contributed by atoms with van der Waals surface area (Å²) < 4.78 is 40.4. The third-order valence-corrected chi connectivity index (χ3v) is 7.53. The van der Waals surface area contributed by atoms with Gasteiger partial charge >= 0.3 is 0 Å². The number of halogens is 2. The Bertz CT molecular complexity index is 1270. The third kappa shape index (κ3) is 5.44. The lowest BCUT2D eigenvalue weighted by atomic mass is 9.84. The van der Waals surface area contributed by atoms with Gasteiger partial charge < -0.3 is 14.3 Å². The van der Waals surface area contributed by atoms with Crippen LogP contribution in [0, 0.1) is 18.6 Å². The Morgan fingerprint density at radius 1 is 0.972 bits per heavy atom. The van der Waals surface area contributed by atoms with Gasteiger partial charge in [0.1, 0.15) is 23.2 Å². The SMILES string of the molecule is Cc1ccc(CN(Cc2ccc(C(O)(c3cccc(F)c3)c3cccc(F)c3)o2)C[C@@H]2CCCO2)s1. The molecule has 1 aliphatic heterocycles. The zero-order valence-electron chi connectivity index (χ0n) is 20.1. The molecule has 0 bridgehead atoms. The Labute approximate surface area is 213 Å². The largest absolute Gasteiger partial charge is 0.461 e. The first-order valence-corrected chi connectivity index (χ1v) is 12.9. The van der Waals surface area contributed by atoms with E-state index in [1.54, 1.807) is 29.5 Å². The van der Waals surface area contributed by atoms with E-state index in [2.05, 4.69) is 24.0 Å². The van der Waals surface area contributed by atoms with E-state index < -0.39 is 17.2 Å². The molecule has 2 aromatic heterocycles. The lowest BCUT2D eigenvalue weighted by molar-refractivity contribution is 0.0633. The molecule has 36 heavy (non-hydrogen) atoms. The second kappa shape index (κ2) is 10.6. The van der Waals surface area contributed by atoms with Crippen LogP contribution in [0.15, 0.2) is 77.2 Å². The monoisotopic (exact) mass is 509 g/mol. The van der Waals surface area contributed by atoms with Crippen LogP contribution in [-0.2, 0) is 23.4 Å². The maximum absolute atomic E-state index is 14.2. The molecule has 0 radical (unpaired) electrons. The van der Waals surface area contributed by atoms with Gasteiger partial charge in [0.25, 0.3) is 0 Å². The fourth-order valence-electron chi connectivity index (χ4n) is 4.81. The summed E-state index contributed by atoms with van der Waals surface area (Å²) in [7, 11) is 0. The zero-order valence-corrected chi connectivity index (χ0v) is 20.9. The van der Waals surface area contributed by atoms with E-state index in [4.69, 9.17) is 9.15 Å². The quantitative estimate of drug-likeness (QED) is 0.284. The molecule has 4 aromatic rings. The summed E-state index contributed by atoms with van der Waals surface area (Å²) in [6, 6.07) is 19.1. The summed E-state index contributed by atoms with van der Waals surface area (Å²) in [5.41, 5.74) is -1.33. The number of aryl methyl sites for hydroxylation is 1. The van der Waals surface area contributed by atoms with Gasteiger partial charge in [-0.2, -0.15) is 0 Å². The van der Waals surface area contributed by atoms with Gasteiger partial charge in [-0.05, 0) is 79.4 Å². The number of aliphatic hydroxyl groups is 1. The highest BCUT2D eigenvalue weighted by Crippen LogP contribution is 2.38. The van der Waals surface area contributed by atoms with Crippen LogP contribution in [0.3, 0.4) is 0 Å². The van der Waals surface area contributed by atoms with Crippen molar-refractivity contribution in [3.05, 3.63) is 117 Å². The molecule has 0 spiro atoms. The molecule has 0 saturated carbocycles. The van der Waals surface area contributed by atoms with Gasteiger partial charge in [0.15, 0.2) is 5.60 Å². The Morgan fingerprint density at radius 3 is 2.28 bits per heavy atom. The van der Waals surface area contributed by atoms with Gasteiger partial charge in [-0.1, -0.05) is 24.3 Å².